The topological polar surface area (TPSA) is 33.6 Å². The van der Waals surface area contributed by atoms with E-state index in [0.717, 1.165) is 24.5 Å². The zero-order valence-electron chi connectivity index (χ0n) is 10.5. The van der Waals surface area contributed by atoms with Crippen LogP contribution in [0.1, 0.15) is 19.4 Å². The molecule has 2 rings (SSSR count). The average Bonchev–Trinajstić information content (AvgIpc) is 2.80. The van der Waals surface area contributed by atoms with E-state index in [0.29, 0.717) is 28.3 Å². The summed E-state index contributed by atoms with van der Waals surface area (Å²) in [5.74, 6) is 1.82. The zero-order chi connectivity index (χ0) is 13.1. The zero-order valence-corrected chi connectivity index (χ0v) is 12.0. The summed E-state index contributed by atoms with van der Waals surface area (Å²) < 4.78 is 5.62. The summed E-state index contributed by atoms with van der Waals surface area (Å²) in [5.41, 5.74) is 0.902. The predicted molar refractivity (Wildman–Crippen MR) is 76.2 cm³/mol. The second kappa shape index (κ2) is 5.81. The lowest BCUT2D eigenvalue weighted by Gasteiger charge is -2.13. The molecule has 0 amide bonds. The van der Waals surface area contributed by atoms with Gasteiger partial charge in [-0.05, 0) is 18.1 Å². The van der Waals surface area contributed by atoms with Crippen LogP contribution in [0.2, 0.25) is 10.0 Å². The van der Waals surface area contributed by atoms with Crippen LogP contribution in [0.3, 0.4) is 0 Å². The van der Waals surface area contributed by atoms with E-state index in [1.807, 2.05) is 12.1 Å². The van der Waals surface area contributed by atoms with Gasteiger partial charge in [0.1, 0.15) is 5.84 Å². The van der Waals surface area contributed by atoms with Crippen molar-refractivity contribution < 1.29 is 4.74 Å². The number of nitrogens with zero attached hydrogens (tertiary/aromatic N) is 1. The molecule has 0 radical (unpaired) electrons. The molecule has 98 valence electrons. The van der Waals surface area contributed by atoms with Crippen LogP contribution in [0, 0.1) is 5.92 Å². The molecule has 0 aliphatic carbocycles. The Labute approximate surface area is 117 Å². The fourth-order valence-corrected chi connectivity index (χ4v) is 2.27. The molecule has 1 aliphatic heterocycles. The highest BCUT2D eigenvalue weighted by Crippen LogP contribution is 2.34. The van der Waals surface area contributed by atoms with Crippen molar-refractivity contribution in [2.75, 3.05) is 19.7 Å². The maximum atomic E-state index is 6.20. The summed E-state index contributed by atoms with van der Waals surface area (Å²) in [6.45, 7) is 6.39. The maximum Gasteiger partial charge on any atom is 0.156 e. The molecular weight excluding hydrogens is 271 g/mol. The first-order chi connectivity index (χ1) is 8.58. The number of halogens is 2. The van der Waals surface area contributed by atoms with Crippen LogP contribution in [0.4, 0.5) is 0 Å². The summed E-state index contributed by atoms with van der Waals surface area (Å²) in [6.07, 6.45) is 0. The van der Waals surface area contributed by atoms with Crippen molar-refractivity contribution in [3.05, 3.63) is 27.7 Å². The van der Waals surface area contributed by atoms with Gasteiger partial charge in [-0.15, -0.1) is 0 Å². The molecule has 18 heavy (non-hydrogen) atoms. The molecule has 5 heteroatoms. The van der Waals surface area contributed by atoms with Gasteiger partial charge in [0.15, 0.2) is 5.75 Å². The van der Waals surface area contributed by atoms with E-state index in [-0.39, 0.29) is 0 Å². The van der Waals surface area contributed by atoms with Gasteiger partial charge in [0.2, 0.25) is 0 Å². The van der Waals surface area contributed by atoms with Gasteiger partial charge in [0, 0.05) is 12.1 Å². The monoisotopic (exact) mass is 286 g/mol. The third kappa shape index (κ3) is 3.09. The average molecular weight is 287 g/mol. The number of nitrogens with one attached hydrogen (secondary N) is 1. The number of rotatable bonds is 4. The molecule has 1 heterocycles. The van der Waals surface area contributed by atoms with Crippen LogP contribution in [0.25, 0.3) is 0 Å². The van der Waals surface area contributed by atoms with Crippen molar-refractivity contribution in [1.29, 1.82) is 0 Å². The van der Waals surface area contributed by atoms with Crippen molar-refractivity contribution in [2.45, 2.75) is 13.8 Å². The van der Waals surface area contributed by atoms with Crippen molar-refractivity contribution in [3.63, 3.8) is 0 Å². The largest absolute Gasteiger partial charge is 0.490 e. The van der Waals surface area contributed by atoms with Gasteiger partial charge in [-0.3, -0.25) is 4.99 Å². The van der Waals surface area contributed by atoms with Crippen molar-refractivity contribution >= 4 is 29.0 Å². The highest BCUT2D eigenvalue weighted by Gasteiger charge is 2.15. The van der Waals surface area contributed by atoms with Crippen LogP contribution in [0.15, 0.2) is 17.1 Å². The molecule has 0 unspecified atom stereocenters. The summed E-state index contributed by atoms with van der Waals surface area (Å²) in [4.78, 5) is 4.34. The van der Waals surface area contributed by atoms with E-state index >= 15 is 0 Å². The van der Waals surface area contributed by atoms with E-state index in [1.165, 1.54) is 0 Å². The standard InChI is InChI=1S/C13H16Cl2N2O/c1-8(2)7-18-12-10(14)5-9(6-11(12)15)13-16-3-4-17-13/h5-6,8H,3-4,7H2,1-2H3,(H,16,17). The van der Waals surface area contributed by atoms with Gasteiger partial charge in [0.25, 0.3) is 0 Å². The van der Waals surface area contributed by atoms with Gasteiger partial charge in [0.05, 0.1) is 23.2 Å². The minimum atomic E-state index is 0.428. The fourth-order valence-electron chi connectivity index (χ4n) is 1.68. The molecule has 1 N–H and O–H groups in total. The lowest BCUT2D eigenvalue weighted by atomic mass is 10.2. The Balaban J connectivity index is 2.23. The summed E-state index contributed by atoms with van der Waals surface area (Å²) in [5, 5.41) is 4.23. The van der Waals surface area contributed by atoms with E-state index in [4.69, 9.17) is 27.9 Å². The number of aliphatic imine (C=N–C) groups is 1. The normalized spacial score (nSPS) is 14.6. The van der Waals surface area contributed by atoms with Gasteiger partial charge in [-0.2, -0.15) is 0 Å². The van der Waals surface area contributed by atoms with Crippen LogP contribution < -0.4 is 10.1 Å². The Morgan fingerprint density at radius 1 is 1.33 bits per heavy atom. The Hall–Kier alpha value is -0.930. The molecule has 1 aliphatic rings. The Bertz CT molecular complexity index is 449. The highest BCUT2D eigenvalue weighted by molar-refractivity contribution is 6.37. The van der Waals surface area contributed by atoms with Gasteiger partial charge >= 0.3 is 0 Å². The van der Waals surface area contributed by atoms with Crippen LogP contribution in [-0.4, -0.2) is 25.5 Å². The Kier molecular flexibility index (Phi) is 4.36. The molecule has 0 aromatic heterocycles. The van der Waals surface area contributed by atoms with E-state index in [1.54, 1.807) is 0 Å². The summed E-state index contributed by atoms with van der Waals surface area (Å²) in [6, 6.07) is 3.67. The second-order valence-electron chi connectivity index (χ2n) is 4.63. The van der Waals surface area contributed by atoms with Crippen LogP contribution in [0.5, 0.6) is 5.75 Å². The molecule has 0 spiro atoms. The number of ether oxygens (including phenoxy) is 1. The number of hydrogen-bond donors (Lipinski definition) is 1. The fraction of sp³-hybridized carbons (Fsp3) is 0.462. The third-order valence-corrected chi connectivity index (χ3v) is 3.07. The van der Waals surface area contributed by atoms with Crippen molar-refractivity contribution in [3.8, 4) is 5.75 Å². The van der Waals surface area contributed by atoms with Crippen molar-refractivity contribution in [2.24, 2.45) is 10.9 Å². The van der Waals surface area contributed by atoms with E-state index < -0.39 is 0 Å². The minimum absolute atomic E-state index is 0.428. The molecule has 3 nitrogen and oxygen atoms in total. The maximum absolute atomic E-state index is 6.20. The lowest BCUT2D eigenvalue weighted by molar-refractivity contribution is 0.271. The molecule has 0 fully saturated rings. The van der Waals surface area contributed by atoms with Gasteiger partial charge in [-0.1, -0.05) is 37.0 Å². The van der Waals surface area contributed by atoms with Gasteiger partial charge < -0.3 is 10.1 Å². The van der Waals surface area contributed by atoms with Crippen LogP contribution in [-0.2, 0) is 0 Å². The molecule has 0 saturated heterocycles. The molecule has 1 aromatic rings. The summed E-state index contributed by atoms with van der Waals surface area (Å²) >= 11 is 12.4. The number of benzene rings is 1. The third-order valence-electron chi connectivity index (χ3n) is 2.51. The second-order valence-corrected chi connectivity index (χ2v) is 5.45. The SMILES string of the molecule is CC(C)COc1c(Cl)cc(C2=NCCN2)cc1Cl. The molecule has 0 saturated carbocycles. The highest BCUT2D eigenvalue weighted by atomic mass is 35.5. The molecule has 0 bridgehead atoms. The van der Waals surface area contributed by atoms with Crippen molar-refractivity contribution in [1.82, 2.24) is 5.32 Å². The summed E-state index contributed by atoms with van der Waals surface area (Å²) in [7, 11) is 0. The van der Waals surface area contributed by atoms with E-state index in [9.17, 15) is 0 Å². The first-order valence-electron chi connectivity index (χ1n) is 5.98. The molecule has 0 atom stereocenters. The van der Waals surface area contributed by atoms with E-state index in [2.05, 4.69) is 24.2 Å². The predicted octanol–water partition coefficient (Wildman–Crippen LogP) is 3.38. The Morgan fingerprint density at radius 2 is 2.00 bits per heavy atom. The first kappa shape index (κ1) is 13.5. The smallest absolute Gasteiger partial charge is 0.156 e. The number of amidine groups is 1. The quantitative estimate of drug-likeness (QED) is 0.921. The lowest BCUT2D eigenvalue weighted by Crippen LogP contribution is -2.19. The molecule has 1 aromatic carbocycles. The minimum Gasteiger partial charge on any atom is -0.490 e. The first-order valence-corrected chi connectivity index (χ1v) is 6.74. The molecular formula is C13H16Cl2N2O. The van der Waals surface area contributed by atoms with Crippen LogP contribution >= 0.6 is 23.2 Å². The number of hydrogen-bond acceptors (Lipinski definition) is 3. The Morgan fingerprint density at radius 3 is 2.50 bits per heavy atom. The van der Waals surface area contributed by atoms with Gasteiger partial charge in [-0.25, -0.2) is 0 Å².